The standard InChI is InChI=1S/C12H12BrIO3/c1-3-17-12(16)8-5-4-6-9(14)10(8)11(13)7(2)15/h4-6,11H,3H2,1-2H3. The van der Waals surface area contributed by atoms with Gasteiger partial charge < -0.3 is 4.74 Å². The van der Waals surface area contributed by atoms with Gasteiger partial charge >= 0.3 is 5.97 Å². The van der Waals surface area contributed by atoms with Crippen molar-refractivity contribution in [2.45, 2.75) is 18.7 Å². The van der Waals surface area contributed by atoms with Crippen molar-refractivity contribution in [2.75, 3.05) is 6.61 Å². The molecule has 1 aromatic carbocycles. The zero-order valence-electron chi connectivity index (χ0n) is 9.50. The van der Waals surface area contributed by atoms with Crippen LogP contribution in [0.3, 0.4) is 0 Å². The van der Waals surface area contributed by atoms with Crippen LogP contribution < -0.4 is 0 Å². The number of benzene rings is 1. The summed E-state index contributed by atoms with van der Waals surface area (Å²) in [6.45, 7) is 3.55. The van der Waals surface area contributed by atoms with Crippen molar-refractivity contribution in [1.82, 2.24) is 0 Å². The van der Waals surface area contributed by atoms with Crippen LogP contribution in [0, 0.1) is 3.57 Å². The zero-order chi connectivity index (χ0) is 13.0. The number of ketones is 1. The smallest absolute Gasteiger partial charge is 0.338 e. The number of halogens is 2. The number of esters is 1. The van der Waals surface area contributed by atoms with E-state index in [1.165, 1.54) is 6.92 Å². The van der Waals surface area contributed by atoms with Gasteiger partial charge in [0.15, 0.2) is 0 Å². The highest BCUT2D eigenvalue weighted by molar-refractivity contribution is 14.1. The molecule has 5 heteroatoms. The fourth-order valence-electron chi connectivity index (χ4n) is 1.38. The van der Waals surface area contributed by atoms with E-state index in [0.29, 0.717) is 17.7 Å². The average Bonchev–Trinajstić information content (AvgIpc) is 2.28. The van der Waals surface area contributed by atoms with Gasteiger partial charge in [-0.05, 0) is 48.6 Å². The minimum atomic E-state index is -0.477. The minimum absolute atomic E-state index is 0.0420. The first kappa shape index (κ1) is 14.6. The first-order valence-corrected chi connectivity index (χ1v) is 7.08. The Balaban J connectivity index is 3.26. The van der Waals surface area contributed by atoms with Crippen LogP contribution in [0.2, 0.25) is 0 Å². The topological polar surface area (TPSA) is 43.4 Å². The highest BCUT2D eigenvalue weighted by Crippen LogP contribution is 2.31. The number of Topliss-reactive ketones (excluding diaryl/α,β-unsaturated/α-hetero) is 1. The van der Waals surface area contributed by atoms with E-state index in [2.05, 4.69) is 38.5 Å². The number of ether oxygens (including phenoxy) is 1. The van der Waals surface area contributed by atoms with E-state index >= 15 is 0 Å². The molecule has 1 unspecified atom stereocenters. The van der Waals surface area contributed by atoms with Crippen molar-refractivity contribution >= 4 is 50.3 Å². The molecule has 0 aliphatic carbocycles. The van der Waals surface area contributed by atoms with Crippen LogP contribution in [0.15, 0.2) is 18.2 Å². The van der Waals surface area contributed by atoms with E-state index in [1.54, 1.807) is 19.1 Å². The molecule has 0 saturated heterocycles. The maximum absolute atomic E-state index is 11.8. The second-order valence-corrected chi connectivity index (χ2v) is 5.47. The third kappa shape index (κ3) is 3.51. The molecular formula is C12H12BrIO3. The molecule has 1 rings (SSSR count). The maximum atomic E-state index is 11.8. The first-order valence-electron chi connectivity index (χ1n) is 5.09. The molecule has 1 aromatic rings. The van der Waals surface area contributed by atoms with Crippen LogP contribution in [0.1, 0.15) is 34.6 Å². The van der Waals surface area contributed by atoms with Gasteiger partial charge in [0.25, 0.3) is 0 Å². The zero-order valence-corrected chi connectivity index (χ0v) is 13.2. The lowest BCUT2D eigenvalue weighted by Crippen LogP contribution is -2.13. The second-order valence-electron chi connectivity index (χ2n) is 3.39. The summed E-state index contributed by atoms with van der Waals surface area (Å²) in [5.74, 6) is -0.439. The number of rotatable bonds is 4. The summed E-state index contributed by atoms with van der Waals surface area (Å²) in [5.41, 5.74) is 1.12. The Kier molecular flexibility index (Phi) is 5.58. The molecule has 1 atom stereocenters. The summed E-state index contributed by atoms with van der Waals surface area (Å²) in [4.78, 5) is 22.7. The Labute approximate surface area is 122 Å². The van der Waals surface area contributed by atoms with Gasteiger partial charge in [-0.25, -0.2) is 4.79 Å². The van der Waals surface area contributed by atoms with E-state index in [0.717, 1.165) is 3.57 Å². The Bertz CT molecular complexity index is 445. The number of carbonyl (C=O) groups is 2. The van der Waals surface area contributed by atoms with Gasteiger partial charge in [0.1, 0.15) is 5.78 Å². The molecule has 0 fully saturated rings. The normalized spacial score (nSPS) is 12.0. The molecule has 0 saturated carbocycles. The van der Waals surface area contributed by atoms with Crippen LogP contribution in [0.4, 0.5) is 0 Å². The van der Waals surface area contributed by atoms with Crippen LogP contribution in [-0.2, 0) is 9.53 Å². The van der Waals surface area contributed by atoms with Gasteiger partial charge in [-0.15, -0.1) is 0 Å². The summed E-state index contributed by atoms with van der Waals surface area (Å²) >= 11 is 5.42. The third-order valence-corrected chi connectivity index (χ3v) is 4.20. The number of alkyl halides is 1. The number of hydrogen-bond donors (Lipinski definition) is 0. The Morgan fingerprint density at radius 3 is 2.65 bits per heavy atom. The average molecular weight is 411 g/mol. The molecule has 92 valence electrons. The molecule has 3 nitrogen and oxygen atoms in total. The lowest BCUT2D eigenvalue weighted by Gasteiger charge is -2.14. The van der Waals surface area contributed by atoms with Crippen molar-refractivity contribution in [3.05, 3.63) is 32.9 Å². The van der Waals surface area contributed by atoms with Crippen molar-refractivity contribution < 1.29 is 14.3 Å². The molecule has 0 N–H and O–H groups in total. The fraction of sp³-hybridized carbons (Fsp3) is 0.333. The predicted octanol–water partition coefficient (Wildman–Crippen LogP) is 3.49. The van der Waals surface area contributed by atoms with Crippen molar-refractivity contribution in [1.29, 1.82) is 0 Å². The molecular weight excluding hydrogens is 399 g/mol. The van der Waals surface area contributed by atoms with Gasteiger partial charge in [0.2, 0.25) is 0 Å². The Morgan fingerprint density at radius 2 is 2.12 bits per heavy atom. The fourth-order valence-corrected chi connectivity index (χ4v) is 3.12. The van der Waals surface area contributed by atoms with Gasteiger partial charge in [-0.1, -0.05) is 22.0 Å². The highest BCUT2D eigenvalue weighted by atomic mass is 127. The molecule has 0 aliphatic rings. The van der Waals surface area contributed by atoms with Gasteiger partial charge in [-0.3, -0.25) is 4.79 Å². The van der Waals surface area contributed by atoms with E-state index < -0.39 is 10.8 Å². The summed E-state index contributed by atoms with van der Waals surface area (Å²) in [5, 5.41) is 0. The lowest BCUT2D eigenvalue weighted by atomic mass is 10.0. The summed E-state index contributed by atoms with van der Waals surface area (Å²) < 4.78 is 5.85. The van der Waals surface area contributed by atoms with Gasteiger partial charge in [0.05, 0.1) is 17.0 Å². The van der Waals surface area contributed by atoms with Crippen molar-refractivity contribution in [2.24, 2.45) is 0 Å². The predicted molar refractivity (Wildman–Crippen MR) is 77.5 cm³/mol. The van der Waals surface area contributed by atoms with E-state index in [1.807, 2.05) is 6.07 Å². The van der Waals surface area contributed by atoms with E-state index in [4.69, 9.17) is 4.74 Å². The van der Waals surface area contributed by atoms with E-state index in [9.17, 15) is 9.59 Å². The monoisotopic (exact) mass is 410 g/mol. The molecule has 0 bridgehead atoms. The summed E-state index contributed by atoms with van der Waals surface area (Å²) in [7, 11) is 0. The third-order valence-electron chi connectivity index (χ3n) is 2.16. The molecule has 0 amide bonds. The Morgan fingerprint density at radius 1 is 1.47 bits per heavy atom. The minimum Gasteiger partial charge on any atom is -0.462 e. The lowest BCUT2D eigenvalue weighted by molar-refractivity contribution is -0.116. The van der Waals surface area contributed by atoms with Gasteiger partial charge in [-0.2, -0.15) is 0 Å². The van der Waals surface area contributed by atoms with Crippen LogP contribution in [-0.4, -0.2) is 18.4 Å². The summed E-state index contributed by atoms with van der Waals surface area (Å²) in [6, 6.07) is 5.31. The Hall–Kier alpha value is -0.430. The molecule has 17 heavy (non-hydrogen) atoms. The maximum Gasteiger partial charge on any atom is 0.338 e. The van der Waals surface area contributed by atoms with Gasteiger partial charge in [0, 0.05) is 9.13 Å². The quantitative estimate of drug-likeness (QED) is 0.433. The SMILES string of the molecule is CCOC(=O)c1cccc(I)c1C(Br)C(C)=O. The first-order chi connectivity index (χ1) is 7.99. The molecule has 0 spiro atoms. The largest absolute Gasteiger partial charge is 0.462 e. The summed E-state index contributed by atoms with van der Waals surface area (Å²) in [6.07, 6.45) is 0. The molecule has 0 aromatic heterocycles. The highest BCUT2D eigenvalue weighted by Gasteiger charge is 2.23. The van der Waals surface area contributed by atoms with Crippen molar-refractivity contribution in [3.8, 4) is 0 Å². The van der Waals surface area contributed by atoms with Crippen LogP contribution in [0.25, 0.3) is 0 Å². The number of carbonyl (C=O) groups excluding carboxylic acids is 2. The molecule has 0 aliphatic heterocycles. The molecule has 0 heterocycles. The van der Waals surface area contributed by atoms with E-state index in [-0.39, 0.29) is 5.78 Å². The number of hydrogen-bond acceptors (Lipinski definition) is 3. The van der Waals surface area contributed by atoms with Crippen molar-refractivity contribution in [3.63, 3.8) is 0 Å². The second kappa shape index (κ2) is 6.49. The van der Waals surface area contributed by atoms with Crippen LogP contribution in [0.5, 0.6) is 0 Å². The molecule has 0 radical (unpaired) electrons. The van der Waals surface area contributed by atoms with Crippen LogP contribution >= 0.6 is 38.5 Å².